The highest BCUT2D eigenvalue weighted by molar-refractivity contribution is 5.78. The Kier molecular flexibility index (Phi) is 7.01. The summed E-state index contributed by atoms with van der Waals surface area (Å²) in [6, 6.07) is 19.0. The van der Waals surface area contributed by atoms with Crippen LogP contribution < -0.4 is 10.6 Å². The molecule has 24 heavy (non-hydrogen) atoms. The van der Waals surface area contributed by atoms with Gasteiger partial charge < -0.3 is 10.6 Å². The summed E-state index contributed by atoms with van der Waals surface area (Å²) in [6.45, 7) is 7.46. The summed E-state index contributed by atoms with van der Waals surface area (Å²) in [4.78, 5) is 11.9. The molecule has 0 aliphatic heterocycles. The zero-order valence-electron chi connectivity index (χ0n) is 14.9. The molecule has 0 unspecified atom stereocenters. The zero-order chi connectivity index (χ0) is 17.4. The van der Waals surface area contributed by atoms with Crippen LogP contribution in [0.1, 0.15) is 49.4 Å². The van der Waals surface area contributed by atoms with Crippen molar-refractivity contribution in [1.82, 2.24) is 10.6 Å². The van der Waals surface area contributed by atoms with Crippen LogP contribution in [0.5, 0.6) is 0 Å². The van der Waals surface area contributed by atoms with Gasteiger partial charge in [0.15, 0.2) is 0 Å². The maximum atomic E-state index is 11.9. The van der Waals surface area contributed by atoms with Gasteiger partial charge >= 0.3 is 0 Å². The minimum Gasteiger partial charge on any atom is -0.355 e. The Balaban J connectivity index is 1.68. The van der Waals surface area contributed by atoms with Crippen molar-refractivity contribution in [1.29, 1.82) is 0 Å². The average Bonchev–Trinajstić information content (AvgIpc) is 2.61. The van der Waals surface area contributed by atoms with Gasteiger partial charge in [-0.25, -0.2) is 0 Å². The van der Waals surface area contributed by atoms with Crippen LogP contribution in [-0.2, 0) is 11.2 Å². The molecule has 0 bridgehead atoms. The summed E-state index contributed by atoms with van der Waals surface area (Å²) >= 11 is 0. The Morgan fingerprint density at radius 3 is 2.21 bits per heavy atom. The average molecular weight is 324 g/mol. The lowest BCUT2D eigenvalue weighted by atomic mass is 10.0. The normalized spacial score (nSPS) is 12.2. The molecular weight excluding hydrogens is 296 g/mol. The van der Waals surface area contributed by atoms with E-state index in [1.54, 1.807) is 0 Å². The van der Waals surface area contributed by atoms with Crippen molar-refractivity contribution in [2.45, 2.75) is 39.2 Å². The van der Waals surface area contributed by atoms with Crippen molar-refractivity contribution in [2.24, 2.45) is 0 Å². The lowest BCUT2D eigenvalue weighted by Crippen LogP contribution is -2.36. The topological polar surface area (TPSA) is 41.1 Å². The number of hydrogen-bond donors (Lipinski definition) is 2. The number of amides is 1. The minimum absolute atomic E-state index is 0.0385. The zero-order valence-corrected chi connectivity index (χ0v) is 14.9. The molecule has 1 amide bonds. The highest BCUT2D eigenvalue weighted by atomic mass is 16.1. The van der Waals surface area contributed by atoms with Gasteiger partial charge in [0.2, 0.25) is 5.91 Å². The number of carbonyl (C=O) groups is 1. The molecule has 0 spiro atoms. The van der Waals surface area contributed by atoms with Gasteiger partial charge in [-0.15, -0.1) is 0 Å². The monoisotopic (exact) mass is 324 g/mol. The summed E-state index contributed by atoms with van der Waals surface area (Å²) in [7, 11) is 0. The Morgan fingerprint density at radius 1 is 0.917 bits per heavy atom. The first-order valence-electron chi connectivity index (χ1n) is 8.70. The maximum Gasteiger partial charge on any atom is 0.233 e. The third-order valence-electron chi connectivity index (χ3n) is 4.25. The van der Waals surface area contributed by atoms with Crippen molar-refractivity contribution in [3.63, 3.8) is 0 Å². The van der Waals surface area contributed by atoms with Crippen LogP contribution >= 0.6 is 0 Å². The van der Waals surface area contributed by atoms with Crippen LogP contribution in [0.15, 0.2) is 54.6 Å². The predicted molar refractivity (Wildman–Crippen MR) is 100 cm³/mol. The molecule has 0 saturated carbocycles. The Hall–Kier alpha value is -2.13. The van der Waals surface area contributed by atoms with E-state index in [1.165, 1.54) is 16.7 Å². The van der Waals surface area contributed by atoms with Gasteiger partial charge in [0.05, 0.1) is 6.54 Å². The number of benzene rings is 2. The molecule has 0 fully saturated rings. The standard InChI is InChI=1S/C21H28N2O/c1-16(2)19-11-9-18(10-12-19)13-14-22-21(24)15-23-17(3)20-7-5-4-6-8-20/h4-12,16-17,23H,13-15H2,1-3H3,(H,22,24)/t17-/m0/s1. The van der Waals surface area contributed by atoms with E-state index in [2.05, 4.69) is 67.8 Å². The fourth-order valence-corrected chi connectivity index (χ4v) is 2.58. The molecule has 0 radical (unpaired) electrons. The number of carbonyl (C=O) groups excluding carboxylic acids is 1. The highest BCUT2D eigenvalue weighted by Gasteiger charge is 2.07. The molecule has 1 atom stereocenters. The van der Waals surface area contributed by atoms with Crippen molar-refractivity contribution >= 4 is 5.91 Å². The van der Waals surface area contributed by atoms with Crippen LogP contribution in [0, 0.1) is 0 Å². The summed E-state index contributed by atoms with van der Waals surface area (Å²) in [5.41, 5.74) is 3.79. The quantitative estimate of drug-likeness (QED) is 0.775. The van der Waals surface area contributed by atoms with E-state index in [0.717, 1.165) is 6.42 Å². The van der Waals surface area contributed by atoms with E-state index < -0.39 is 0 Å². The molecule has 3 nitrogen and oxygen atoms in total. The maximum absolute atomic E-state index is 11.9. The summed E-state index contributed by atoms with van der Waals surface area (Å²) in [5, 5.41) is 6.23. The second-order valence-corrected chi connectivity index (χ2v) is 6.51. The Labute approximate surface area is 145 Å². The van der Waals surface area contributed by atoms with Gasteiger partial charge in [0, 0.05) is 12.6 Å². The molecule has 2 aromatic rings. The summed E-state index contributed by atoms with van der Waals surface area (Å²) < 4.78 is 0. The molecule has 0 aliphatic rings. The molecule has 0 heterocycles. The van der Waals surface area contributed by atoms with Crippen LogP contribution in [0.25, 0.3) is 0 Å². The molecule has 3 heteroatoms. The van der Waals surface area contributed by atoms with E-state index in [4.69, 9.17) is 0 Å². The fourth-order valence-electron chi connectivity index (χ4n) is 2.58. The third kappa shape index (κ3) is 5.82. The van der Waals surface area contributed by atoms with E-state index in [1.807, 2.05) is 18.2 Å². The Morgan fingerprint density at radius 2 is 1.58 bits per heavy atom. The largest absolute Gasteiger partial charge is 0.355 e. The number of hydrogen-bond acceptors (Lipinski definition) is 2. The first-order valence-corrected chi connectivity index (χ1v) is 8.70. The molecule has 2 N–H and O–H groups in total. The first-order chi connectivity index (χ1) is 11.6. The summed E-state index contributed by atoms with van der Waals surface area (Å²) in [6.07, 6.45) is 0.859. The van der Waals surface area contributed by atoms with Gasteiger partial charge in [-0.2, -0.15) is 0 Å². The van der Waals surface area contributed by atoms with E-state index in [-0.39, 0.29) is 11.9 Å². The van der Waals surface area contributed by atoms with Crippen LogP contribution in [0.4, 0.5) is 0 Å². The molecule has 0 aromatic heterocycles. The van der Waals surface area contributed by atoms with Crippen molar-refractivity contribution in [3.05, 3.63) is 71.3 Å². The smallest absolute Gasteiger partial charge is 0.233 e. The molecule has 128 valence electrons. The summed E-state index contributed by atoms with van der Waals surface area (Å²) in [5.74, 6) is 0.591. The molecular formula is C21H28N2O. The van der Waals surface area contributed by atoms with Crippen LogP contribution in [-0.4, -0.2) is 19.0 Å². The van der Waals surface area contributed by atoms with Crippen LogP contribution in [0.3, 0.4) is 0 Å². The molecule has 0 aliphatic carbocycles. The highest BCUT2D eigenvalue weighted by Crippen LogP contribution is 2.14. The van der Waals surface area contributed by atoms with Gasteiger partial charge in [-0.05, 0) is 36.0 Å². The first kappa shape index (κ1) is 18.2. The van der Waals surface area contributed by atoms with Gasteiger partial charge in [-0.3, -0.25) is 4.79 Å². The van der Waals surface area contributed by atoms with Gasteiger partial charge in [0.25, 0.3) is 0 Å². The van der Waals surface area contributed by atoms with Gasteiger partial charge in [-0.1, -0.05) is 68.4 Å². The predicted octanol–water partition coefficient (Wildman–Crippen LogP) is 3.82. The molecule has 0 saturated heterocycles. The lowest BCUT2D eigenvalue weighted by molar-refractivity contribution is -0.120. The van der Waals surface area contributed by atoms with Crippen molar-refractivity contribution in [3.8, 4) is 0 Å². The lowest BCUT2D eigenvalue weighted by Gasteiger charge is -2.14. The molecule has 2 rings (SSSR count). The van der Waals surface area contributed by atoms with Crippen LogP contribution in [0.2, 0.25) is 0 Å². The Bertz CT molecular complexity index is 620. The van der Waals surface area contributed by atoms with E-state index in [9.17, 15) is 4.79 Å². The fraction of sp³-hybridized carbons (Fsp3) is 0.381. The number of rotatable bonds is 8. The number of nitrogens with one attached hydrogen (secondary N) is 2. The SMILES string of the molecule is CC(C)c1ccc(CCNC(=O)CN[C@@H](C)c2ccccc2)cc1. The van der Waals surface area contributed by atoms with E-state index >= 15 is 0 Å². The minimum atomic E-state index is 0.0385. The second kappa shape index (κ2) is 9.24. The van der Waals surface area contributed by atoms with Crippen molar-refractivity contribution in [2.75, 3.05) is 13.1 Å². The second-order valence-electron chi connectivity index (χ2n) is 6.51. The van der Waals surface area contributed by atoms with Gasteiger partial charge in [0.1, 0.15) is 0 Å². The molecule has 2 aromatic carbocycles. The third-order valence-corrected chi connectivity index (χ3v) is 4.25. The van der Waals surface area contributed by atoms with Crippen molar-refractivity contribution < 1.29 is 4.79 Å². The van der Waals surface area contributed by atoms with E-state index in [0.29, 0.717) is 19.0 Å².